The van der Waals surface area contributed by atoms with Crippen LogP contribution in [0.3, 0.4) is 0 Å². The molecule has 0 aromatic heterocycles. The highest BCUT2D eigenvalue weighted by atomic mass is 14.3. The van der Waals surface area contributed by atoms with Gasteiger partial charge in [0.2, 0.25) is 0 Å². The first kappa shape index (κ1) is 46.3. The van der Waals surface area contributed by atoms with Crippen LogP contribution in [-0.2, 0) is 0 Å². The van der Waals surface area contributed by atoms with E-state index in [1.54, 1.807) is 0 Å². The molecule has 0 bridgehead atoms. The Morgan fingerprint density at radius 1 is 0.146 bits per heavy atom. The molecule has 17 rings (SSSR count). The lowest BCUT2D eigenvalue weighted by atomic mass is 9.85. The van der Waals surface area contributed by atoms with Crippen molar-refractivity contribution >= 4 is 43.1 Å². The SMILES string of the molecule is c1ccc(-c2cc(-c3ccccc3)cc(-c3c4c(c(-c5ccccc5)c5ccccc35)=c3ccc5c6c(ccc=4c36)=c3c(-c4ccccc4)c4cc6ccccc6cc4c(-c4cc(-c6ccccc6)cc(-c6ccccc6)c4)c3=5)c2)cc1. The van der Waals surface area contributed by atoms with E-state index in [1.165, 1.54) is 174 Å². The lowest BCUT2D eigenvalue weighted by Gasteiger charge is -2.18. The predicted molar refractivity (Wildman–Crippen MR) is 344 cm³/mol. The van der Waals surface area contributed by atoms with E-state index in [-0.39, 0.29) is 0 Å². The van der Waals surface area contributed by atoms with Gasteiger partial charge in [0.15, 0.2) is 0 Å². The fraction of sp³-hybridized carbons (Fsp3) is 0. The van der Waals surface area contributed by atoms with E-state index in [1.807, 2.05) is 0 Å². The van der Waals surface area contributed by atoms with E-state index in [0.717, 1.165) is 0 Å². The van der Waals surface area contributed by atoms with Gasteiger partial charge in [-0.1, -0.05) is 255 Å². The maximum Gasteiger partial charge on any atom is -0.000739 e. The second kappa shape index (κ2) is 18.5. The zero-order valence-electron chi connectivity index (χ0n) is 44.9. The first-order valence-electron chi connectivity index (χ1n) is 28.6. The Morgan fingerprint density at radius 3 is 0.695 bits per heavy atom. The number of hydrogen-bond donors (Lipinski definition) is 0. The van der Waals surface area contributed by atoms with Gasteiger partial charge in [-0.2, -0.15) is 0 Å². The molecule has 2 aliphatic carbocycles. The van der Waals surface area contributed by atoms with Gasteiger partial charge in [-0.3, -0.25) is 0 Å². The quantitative estimate of drug-likeness (QED) is 0.133. The molecule has 0 unspecified atom stereocenters. The van der Waals surface area contributed by atoms with E-state index in [9.17, 15) is 0 Å². The van der Waals surface area contributed by atoms with Gasteiger partial charge in [0, 0.05) is 0 Å². The summed E-state index contributed by atoms with van der Waals surface area (Å²) < 4.78 is 0. The normalized spacial score (nSPS) is 11.9. The third-order valence-electron chi connectivity index (χ3n) is 17.6. The van der Waals surface area contributed by atoms with Crippen molar-refractivity contribution in [1.29, 1.82) is 0 Å². The van der Waals surface area contributed by atoms with Crippen molar-refractivity contribution in [2.45, 2.75) is 0 Å². The molecule has 0 radical (unpaired) electrons. The first-order valence-corrected chi connectivity index (χ1v) is 28.6. The van der Waals surface area contributed by atoms with E-state index >= 15 is 0 Å². The van der Waals surface area contributed by atoms with Crippen molar-refractivity contribution in [2.75, 3.05) is 0 Å². The highest BCUT2D eigenvalue weighted by Gasteiger charge is 2.26. The summed E-state index contributed by atoms with van der Waals surface area (Å²) in [5.74, 6) is 0. The molecule has 378 valence electrons. The first-order chi connectivity index (χ1) is 40.7. The summed E-state index contributed by atoms with van der Waals surface area (Å²) in [5, 5.41) is 20.4. The van der Waals surface area contributed by atoms with Gasteiger partial charge in [-0.25, -0.2) is 0 Å². The molecule has 2 aliphatic rings. The molecule has 0 heterocycles. The van der Waals surface area contributed by atoms with E-state index < -0.39 is 0 Å². The molecule has 0 atom stereocenters. The average Bonchev–Trinajstić information content (AvgIpc) is 3.88. The molecule has 0 saturated heterocycles. The van der Waals surface area contributed by atoms with Crippen LogP contribution in [0.4, 0.5) is 0 Å². The van der Waals surface area contributed by atoms with Gasteiger partial charge in [-0.15, -0.1) is 0 Å². The number of rotatable bonds is 8. The van der Waals surface area contributed by atoms with Crippen molar-refractivity contribution in [3.63, 3.8) is 0 Å². The Labute approximate surface area is 474 Å². The lowest BCUT2D eigenvalue weighted by Crippen LogP contribution is -1.94. The highest BCUT2D eigenvalue weighted by Crippen LogP contribution is 2.48. The van der Waals surface area contributed by atoms with Crippen molar-refractivity contribution in [2.24, 2.45) is 0 Å². The van der Waals surface area contributed by atoms with Crippen molar-refractivity contribution in [1.82, 2.24) is 0 Å². The van der Waals surface area contributed by atoms with Crippen LogP contribution in [0.15, 0.2) is 303 Å². The molecule has 15 aromatic carbocycles. The monoisotopic (exact) mass is 1030 g/mol. The average molecular weight is 1040 g/mol. The van der Waals surface area contributed by atoms with Gasteiger partial charge in [-0.05, 0) is 222 Å². The molecular formula is C82H50. The minimum absolute atomic E-state index is 1.19. The zero-order chi connectivity index (χ0) is 53.8. The Morgan fingerprint density at radius 2 is 0.378 bits per heavy atom. The van der Waals surface area contributed by atoms with Crippen LogP contribution < -0.4 is 0 Å². The van der Waals surface area contributed by atoms with Gasteiger partial charge >= 0.3 is 0 Å². The number of benzene rings is 15. The topological polar surface area (TPSA) is 0 Å². The third kappa shape index (κ3) is 7.12. The van der Waals surface area contributed by atoms with E-state index in [4.69, 9.17) is 0 Å². The molecule has 0 aliphatic heterocycles. The fourth-order valence-corrected chi connectivity index (χ4v) is 14.2. The Balaban J connectivity index is 1.11. The second-order valence-corrected chi connectivity index (χ2v) is 22.2. The maximum atomic E-state index is 2.49. The number of fused-ring (bicyclic) bond motifs is 5. The second-order valence-electron chi connectivity index (χ2n) is 22.2. The van der Waals surface area contributed by atoms with Crippen LogP contribution in [0, 0.1) is 41.7 Å². The van der Waals surface area contributed by atoms with Gasteiger partial charge < -0.3 is 0 Å². The molecule has 0 amide bonds. The minimum atomic E-state index is 1.19. The Bertz CT molecular complexity index is 5450. The van der Waals surface area contributed by atoms with Gasteiger partial charge in [0.05, 0.1) is 0 Å². The Kier molecular flexibility index (Phi) is 10.4. The smallest absolute Gasteiger partial charge is 0.000739 e. The van der Waals surface area contributed by atoms with Crippen molar-refractivity contribution in [3.8, 4) is 89.0 Å². The maximum absolute atomic E-state index is 2.49. The van der Waals surface area contributed by atoms with Crippen LogP contribution in [0.25, 0.3) is 132 Å². The fourth-order valence-electron chi connectivity index (χ4n) is 14.2. The largest absolute Gasteiger partial charge is 0.0622 e. The van der Waals surface area contributed by atoms with Crippen LogP contribution in [0.2, 0.25) is 0 Å². The summed E-state index contributed by atoms with van der Waals surface area (Å²) in [6.45, 7) is 0. The van der Waals surface area contributed by atoms with Crippen LogP contribution in [-0.4, -0.2) is 0 Å². The van der Waals surface area contributed by atoms with E-state index in [2.05, 4.69) is 303 Å². The van der Waals surface area contributed by atoms with E-state index in [0.29, 0.717) is 0 Å². The summed E-state index contributed by atoms with van der Waals surface area (Å²) in [4.78, 5) is 0. The Hall–Kier alpha value is -10.7. The molecule has 0 saturated carbocycles. The third-order valence-corrected chi connectivity index (χ3v) is 17.6. The summed E-state index contributed by atoms with van der Waals surface area (Å²) in [6.07, 6.45) is 0. The van der Waals surface area contributed by atoms with Crippen molar-refractivity contribution < 1.29 is 0 Å². The molecule has 0 spiro atoms. The summed E-state index contributed by atoms with van der Waals surface area (Å²) in [6, 6.07) is 114. The standard InChI is InChI=1S/C82H50/c1-7-23-51(24-8-1)59-43-60(52-25-9-2-10-26-52)46-63(45-59)75-66-38-22-21-37-65(66)73(55-31-15-5-16-32-55)79-67-39-42-70-78-68(40-41-69(77(67)78)81(75)79)80-74(56-33-17-6-18-34-56)71-49-57-35-19-20-36-58(57)50-72(71)76(82(70)80)64-47-61(53-27-11-3-12-28-53)44-62(48-64)54-29-13-4-14-30-54/h1-50H. The highest BCUT2D eigenvalue weighted by molar-refractivity contribution is 6.13. The molecule has 0 nitrogen and oxygen atoms in total. The predicted octanol–water partition coefficient (Wildman–Crippen LogP) is 21.4. The molecule has 82 heavy (non-hydrogen) atoms. The van der Waals surface area contributed by atoms with Crippen LogP contribution in [0.1, 0.15) is 0 Å². The molecular weight excluding hydrogens is 985 g/mol. The van der Waals surface area contributed by atoms with Crippen LogP contribution >= 0.6 is 0 Å². The number of hydrogen-bond acceptors (Lipinski definition) is 0. The minimum Gasteiger partial charge on any atom is -0.0622 e. The summed E-state index contributed by atoms with van der Waals surface area (Å²) in [5.41, 5.74) is 19.5. The summed E-state index contributed by atoms with van der Waals surface area (Å²) >= 11 is 0. The molecule has 15 aromatic rings. The van der Waals surface area contributed by atoms with Crippen LogP contribution in [0.5, 0.6) is 0 Å². The lowest BCUT2D eigenvalue weighted by molar-refractivity contribution is 1.47. The molecule has 0 fully saturated rings. The van der Waals surface area contributed by atoms with Crippen molar-refractivity contribution in [3.05, 3.63) is 345 Å². The summed E-state index contributed by atoms with van der Waals surface area (Å²) in [7, 11) is 0. The van der Waals surface area contributed by atoms with Gasteiger partial charge in [0.1, 0.15) is 0 Å². The molecule has 0 N–H and O–H groups in total. The van der Waals surface area contributed by atoms with Gasteiger partial charge in [0.25, 0.3) is 0 Å². The molecule has 0 heteroatoms. The zero-order valence-corrected chi connectivity index (χ0v) is 44.9.